The minimum absolute atomic E-state index is 0.0324. The third kappa shape index (κ3) is 3.84. The number of hydrogen-bond acceptors (Lipinski definition) is 4. The van der Waals surface area contributed by atoms with Crippen LogP contribution in [0.25, 0.3) is 0 Å². The molecule has 0 fully saturated rings. The van der Waals surface area contributed by atoms with Crippen LogP contribution in [0.3, 0.4) is 0 Å². The van der Waals surface area contributed by atoms with Gasteiger partial charge in [-0.1, -0.05) is 5.92 Å². The first kappa shape index (κ1) is 13.6. The van der Waals surface area contributed by atoms with E-state index in [9.17, 15) is 19.3 Å². The second-order valence-corrected chi connectivity index (χ2v) is 3.28. The Morgan fingerprint density at radius 2 is 2.28 bits per heavy atom. The second kappa shape index (κ2) is 6.32. The third-order valence-corrected chi connectivity index (χ3v) is 1.94. The first-order chi connectivity index (χ1) is 8.54. The Labute approximate surface area is 102 Å². The fourth-order valence-corrected chi connectivity index (χ4v) is 1.18. The summed E-state index contributed by atoms with van der Waals surface area (Å²) in [4.78, 5) is 21.0. The van der Waals surface area contributed by atoms with E-state index in [0.29, 0.717) is 0 Å². The summed E-state index contributed by atoms with van der Waals surface area (Å²) in [5, 5.41) is 15.5. The van der Waals surface area contributed by atoms with E-state index in [0.717, 1.165) is 12.1 Å². The van der Waals surface area contributed by atoms with Gasteiger partial charge in [0.1, 0.15) is 0 Å². The number of carbonyl (C=O) groups excluding carboxylic acids is 1. The van der Waals surface area contributed by atoms with Crippen LogP contribution in [0.5, 0.6) is 0 Å². The molecule has 0 bridgehead atoms. The number of nitro benzene ring substituents is 1. The van der Waals surface area contributed by atoms with Crippen molar-refractivity contribution in [3.63, 3.8) is 0 Å². The van der Waals surface area contributed by atoms with Crippen LogP contribution < -0.4 is 10.6 Å². The summed E-state index contributed by atoms with van der Waals surface area (Å²) in [6, 6.07) is 3.11. The molecule has 7 heteroatoms. The largest absolute Gasteiger partial charge is 0.325 e. The van der Waals surface area contributed by atoms with Gasteiger partial charge in [-0.3, -0.25) is 20.2 Å². The van der Waals surface area contributed by atoms with Crippen LogP contribution in [0.2, 0.25) is 0 Å². The molecule has 2 N–H and O–H groups in total. The smallest absolute Gasteiger partial charge is 0.306 e. The molecule has 0 aliphatic rings. The molecule has 0 heterocycles. The van der Waals surface area contributed by atoms with Gasteiger partial charge >= 0.3 is 5.69 Å². The zero-order valence-electron chi connectivity index (χ0n) is 9.27. The van der Waals surface area contributed by atoms with E-state index in [1.165, 1.54) is 6.07 Å². The number of hydrogen-bond donors (Lipinski definition) is 2. The number of amides is 1. The summed E-state index contributed by atoms with van der Waals surface area (Å²) < 4.78 is 13.0. The molecule has 0 aromatic heterocycles. The Morgan fingerprint density at radius 1 is 1.56 bits per heavy atom. The number of nitro groups is 1. The molecule has 0 unspecified atom stereocenters. The van der Waals surface area contributed by atoms with Crippen molar-refractivity contribution in [3.05, 3.63) is 34.1 Å². The maximum atomic E-state index is 13.0. The Balaban J connectivity index is 2.68. The fourth-order valence-electron chi connectivity index (χ4n) is 1.18. The summed E-state index contributed by atoms with van der Waals surface area (Å²) in [5.41, 5.74) is -0.542. The van der Waals surface area contributed by atoms with Crippen molar-refractivity contribution < 1.29 is 14.1 Å². The Bertz CT molecular complexity index is 511. The average molecular weight is 251 g/mol. The highest BCUT2D eigenvalue weighted by Gasteiger charge is 2.15. The van der Waals surface area contributed by atoms with Gasteiger partial charge in [0.25, 0.3) is 0 Å². The molecule has 0 radical (unpaired) electrons. The van der Waals surface area contributed by atoms with Gasteiger partial charge in [-0.15, -0.1) is 6.42 Å². The fraction of sp³-hybridized carbons (Fsp3) is 0.182. The number of nitrogens with one attached hydrogen (secondary N) is 2. The van der Waals surface area contributed by atoms with E-state index in [-0.39, 0.29) is 18.8 Å². The van der Waals surface area contributed by atoms with Crippen molar-refractivity contribution in [3.8, 4) is 12.3 Å². The zero-order valence-corrected chi connectivity index (χ0v) is 9.27. The van der Waals surface area contributed by atoms with Gasteiger partial charge in [0.15, 0.2) is 0 Å². The zero-order chi connectivity index (χ0) is 13.5. The molecule has 1 rings (SSSR count). The van der Waals surface area contributed by atoms with Gasteiger partial charge in [-0.2, -0.15) is 4.39 Å². The van der Waals surface area contributed by atoms with Crippen molar-refractivity contribution in [1.82, 2.24) is 5.32 Å². The number of benzene rings is 1. The van der Waals surface area contributed by atoms with Crippen LogP contribution >= 0.6 is 0 Å². The van der Waals surface area contributed by atoms with Gasteiger partial charge in [0.05, 0.1) is 18.0 Å². The van der Waals surface area contributed by atoms with E-state index in [1.807, 2.05) is 0 Å². The second-order valence-electron chi connectivity index (χ2n) is 3.28. The van der Waals surface area contributed by atoms with Crippen molar-refractivity contribution in [2.75, 3.05) is 18.4 Å². The van der Waals surface area contributed by atoms with Crippen molar-refractivity contribution in [2.24, 2.45) is 0 Å². The Morgan fingerprint density at radius 3 is 2.89 bits per heavy atom. The molecule has 1 aromatic carbocycles. The molecular formula is C11H10FN3O3. The van der Waals surface area contributed by atoms with Gasteiger partial charge in [-0.05, 0) is 12.1 Å². The third-order valence-electron chi connectivity index (χ3n) is 1.94. The lowest BCUT2D eigenvalue weighted by molar-refractivity contribution is -0.387. The van der Waals surface area contributed by atoms with Crippen molar-refractivity contribution in [1.29, 1.82) is 0 Å². The number of rotatable bonds is 5. The minimum Gasteiger partial charge on any atom is -0.325 e. The van der Waals surface area contributed by atoms with Crippen molar-refractivity contribution in [2.45, 2.75) is 0 Å². The molecule has 0 atom stereocenters. The molecule has 6 nitrogen and oxygen atoms in total. The van der Waals surface area contributed by atoms with E-state index >= 15 is 0 Å². The summed E-state index contributed by atoms with van der Waals surface area (Å²) in [6.45, 7) is 0.201. The van der Waals surface area contributed by atoms with Crippen LogP contribution in [0.4, 0.5) is 15.8 Å². The molecule has 94 valence electrons. The van der Waals surface area contributed by atoms with E-state index in [1.54, 1.807) is 0 Å². The number of nitrogens with zero attached hydrogens (tertiary/aromatic N) is 1. The van der Waals surface area contributed by atoms with Crippen LogP contribution in [0.15, 0.2) is 18.2 Å². The normalized spacial score (nSPS) is 9.56. The molecule has 0 spiro atoms. The summed E-state index contributed by atoms with van der Waals surface area (Å²) >= 11 is 0. The topological polar surface area (TPSA) is 84.3 Å². The molecule has 0 saturated heterocycles. The molecule has 0 aliphatic heterocycles. The molecule has 0 aliphatic carbocycles. The summed E-state index contributed by atoms with van der Waals surface area (Å²) in [5.74, 6) is 0.908. The quantitative estimate of drug-likeness (QED) is 0.352. The molecule has 0 saturated carbocycles. The number of terminal acetylenes is 1. The average Bonchev–Trinajstić information content (AvgIpc) is 2.31. The summed E-state index contributed by atoms with van der Waals surface area (Å²) in [7, 11) is 0. The van der Waals surface area contributed by atoms with Crippen LogP contribution in [0.1, 0.15) is 0 Å². The lowest BCUT2D eigenvalue weighted by atomic mass is 10.2. The van der Waals surface area contributed by atoms with Gasteiger partial charge < -0.3 is 5.32 Å². The van der Waals surface area contributed by atoms with Gasteiger partial charge in [-0.25, -0.2) is 0 Å². The highest BCUT2D eigenvalue weighted by Crippen LogP contribution is 2.21. The number of halogens is 1. The maximum absolute atomic E-state index is 13.0. The Hall–Kier alpha value is -2.46. The van der Waals surface area contributed by atoms with E-state index < -0.39 is 22.3 Å². The summed E-state index contributed by atoms with van der Waals surface area (Å²) in [6.07, 6.45) is 4.98. The standard InChI is InChI=1S/C11H10FN3O3/c1-2-5-13-7-11(16)14-8-3-4-9(12)10(6-8)15(17)18/h1,3-4,6,13H,5,7H2,(H,14,16). The number of carbonyl (C=O) groups is 1. The number of anilines is 1. The highest BCUT2D eigenvalue weighted by atomic mass is 19.1. The lowest BCUT2D eigenvalue weighted by Gasteiger charge is -2.05. The predicted molar refractivity (Wildman–Crippen MR) is 63.4 cm³/mol. The monoisotopic (exact) mass is 251 g/mol. The van der Waals surface area contributed by atoms with E-state index in [4.69, 9.17) is 6.42 Å². The molecular weight excluding hydrogens is 241 g/mol. The molecule has 1 aromatic rings. The lowest BCUT2D eigenvalue weighted by Crippen LogP contribution is -2.28. The molecule has 18 heavy (non-hydrogen) atoms. The predicted octanol–water partition coefficient (Wildman–Crippen LogP) is 0.895. The van der Waals surface area contributed by atoms with E-state index in [2.05, 4.69) is 16.6 Å². The van der Waals surface area contributed by atoms with Crippen LogP contribution in [-0.2, 0) is 4.79 Å². The van der Waals surface area contributed by atoms with Gasteiger partial charge in [0.2, 0.25) is 11.7 Å². The maximum Gasteiger partial charge on any atom is 0.306 e. The Kier molecular flexibility index (Phi) is 4.78. The minimum atomic E-state index is -0.955. The highest BCUT2D eigenvalue weighted by molar-refractivity contribution is 5.92. The molecule has 1 amide bonds. The first-order valence-electron chi connectivity index (χ1n) is 4.92. The first-order valence-corrected chi connectivity index (χ1v) is 4.92. The SMILES string of the molecule is C#CCNCC(=O)Nc1ccc(F)c([N+](=O)[O-])c1. The van der Waals surface area contributed by atoms with Crippen LogP contribution in [-0.4, -0.2) is 23.9 Å². The van der Waals surface area contributed by atoms with Gasteiger partial charge in [0, 0.05) is 11.8 Å². The van der Waals surface area contributed by atoms with Crippen molar-refractivity contribution >= 4 is 17.3 Å². The van der Waals surface area contributed by atoms with Crippen LogP contribution in [0, 0.1) is 28.3 Å².